The van der Waals surface area contributed by atoms with Crippen LogP contribution in [0.25, 0.3) is 0 Å². The summed E-state index contributed by atoms with van der Waals surface area (Å²) < 4.78 is 0. The van der Waals surface area contributed by atoms with Gasteiger partial charge >= 0.3 is 0 Å². The minimum atomic E-state index is -0.906. The highest BCUT2D eigenvalue weighted by Gasteiger charge is 2.20. The van der Waals surface area contributed by atoms with Crippen LogP contribution in [0.1, 0.15) is 19.8 Å². The van der Waals surface area contributed by atoms with E-state index in [2.05, 4.69) is 5.32 Å². The number of carbonyl (C=O) groups excluding carboxylic acids is 3. The molecule has 7 N–H and O–H groups in total. The molecule has 0 spiro atoms. The summed E-state index contributed by atoms with van der Waals surface area (Å²) >= 11 is 0. The van der Waals surface area contributed by atoms with Crippen molar-refractivity contribution in [2.75, 3.05) is 0 Å². The Bertz CT molecular complexity index is 265. The van der Waals surface area contributed by atoms with E-state index in [1.807, 2.05) is 0 Å². The summed E-state index contributed by atoms with van der Waals surface area (Å²) in [5.41, 5.74) is 15.2. The molecule has 7 heteroatoms. The summed E-state index contributed by atoms with van der Waals surface area (Å²) in [6.45, 7) is 1.47. The lowest BCUT2D eigenvalue weighted by Crippen LogP contribution is -2.49. The molecule has 15 heavy (non-hydrogen) atoms. The molecule has 0 aliphatic heterocycles. The van der Waals surface area contributed by atoms with Gasteiger partial charge in [0.05, 0.1) is 6.04 Å². The Labute approximate surface area is 87.3 Å². The zero-order chi connectivity index (χ0) is 12.0. The van der Waals surface area contributed by atoms with Crippen LogP contribution >= 0.6 is 0 Å². The molecule has 0 saturated heterocycles. The predicted molar refractivity (Wildman–Crippen MR) is 53.2 cm³/mol. The number of hydrogen-bond donors (Lipinski definition) is 4. The van der Waals surface area contributed by atoms with Crippen LogP contribution in [0, 0.1) is 0 Å². The zero-order valence-electron chi connectivity index (χ0n) is 8.53. The molecule has 0 heterocycles. The Morgan fingerprint density at radius 2 is 1.80 bits per heavy atom. The van der Waals surface area contributed by atoms with Crippen molar-refractivity contribution in [1.82, 2.24) is 5.32 Å². The first-order chi connectivity index (χ1) is 6.84. The molecular weight excluding hydrogens is 200 g/mol. The normalized spacial score (nSPS) is 14.0. The fraction of sp³-hybridized carbons (Fsp3) is 0.625. The monoisotopic (exact) mass is 216 g/mol. The van der Waals surface area contributed by atoms with E-state index in [9.17, 15) is 14.4 Å². The van der Waals surface area contributed by atoms with Gasteiger partial charge in [0.1, 0.15) is 6.04 Å². The predicted octanol–water partition coefficient (Wildman–Crippen LogP) is -2.43. The van der Waals surface area contributed by atoms with Crippen LogP contribution in [-0.2, 0) is 14.4 Å². The first kappa shape index (κ1) is 13.4. The fourth-order valence-corrected chi connectivity index (χ4v) is 0.875. The smallest absolute Gasteiger partial charge is 0.240 e. The van der Waals surface area contributed by atoms with E-state index in [1.54, 1.807) is 0 Å². The molecule has 86 valence electrons. The van der Waals surface area contributed by atoms with Crippen molar-refractivity contribution in [3.63, 3.8) is 0 Å². The lowest BCUT2D eigenvalue weighted by molar-refractivity contribution is -0.128. The number of nitrogens with two attached hydrogens (primary N) is 3. The van der Waals surface area contributed by atoms with Crippen LogP contribution in [0.2, 0.25) is 0 Å². The maximum Gasteiger partial charge on any atom is 0.240 e. The van der Waals surface area contributed by atoms with E-state index in [0.29, 0.717) is 0 Å². The van der Waals surface area contributed by atoms with Crippen molar-refractivity contribution in [1.29, 1.82) is 0 Å². The molecule has 0 fully saturated rings. The molecule has 3 amide bonds. The van der Waals surface area contributed by atoms with Crippen LogP contribution in [0.15, 0.2) is 0 Å². The van der Waals surface area contributed by atoms with Gasteiger partial charge in [-0.25, -0.2) is 0 Å². The Kier molecular flexibility index (Phi) is 5.32. The molecule has 0 saturated carbocycles. The molecule has 0 aromatic carbocycles. The molecule has 0 aliphatic rings. The number of primary amides is 2. The van der Waals surface area contributed by atoms with Gasteiger partial charge in [0.2, 0.25) is 17.7 Å². The summed E-state index contributed by atoms with van der Waals surface area (Å²) in [4.78, 5) is 32.5. The Balaban J connectivity index is 4.22. The maximum atomic E-state index is 11.1. The van der Waals surface area contributed by atoms with E-state index in [0.717, 1.165) is 0 Å². The highest BCUT2D eigenvalue weighted by molar-refractivity contribution is 5.89. The molecule has 0 bridgehead atoms. The molecule has 0 rings (SSSR count). The van der Waals surface area contributed by atoms with Crippen LogP contribution in [-0.4, -0.2) is 29.8 Å². The number of carbonyl (C=O) groups is 3. The van der Waals surface area contributed by atoms with Crippen molar-refractivity contribution < 1.29 is 14.4 Å². The van der Waals surface area contributed by atoms with Gasteiger partial charge in [0.25, 0.3) is 0 Å². The zero-order valence-corrected chi connectivity index (χ0v) is 8.53. The van der Waals surface area contributed by atoms with Crippen molar-refractivity contribution in [2.45, 2.75) is 31.8 Å². The SMILES string of the molecule is CC(N)C(=O)NC(CCC(N)=O)C(N)=O. The summed E-state index contributed by atoms with van der Waals surface area (Å²) in [5, 5.41) is 2.33. The van der Waals surface area contributed by atoms with Gasteiger partial charge in [-0.15, -0.1) is 0 Å². The number of rotatable bonds is 6. The second kappa shape index (κ2) is 5.97. The van der Waals surface area contributed by atoms with Crippen molar-refractivity contribution >= 4 is 17.7 Å². The van der Waals surface area contributed by atoms with E-state index in [-0.39, 0.29) is 12.8 Å². The molecule has 0 aliphatic carbocycles. The van der Waals surface area contributed by atoms with Crippen molar-refractivity contribution in [3.8, 4) is 0 Å². The summed E-state index contributed by atoms with van der Waals surface area (Å²) in [5.74, 6) is -1.77. The first-order valence-electron chi connectivity index (χ1n) is 4.48. The highest BCUT2D eigenvalue weighted by Crippen LogP contribution is 1.96. The minimum absolute atomic E-state index is 0.0210. The molecule has 2 atom stereocenters. The van der Waals surface area contributed by atoms with Crippen LogP contribution in [0.3, 0.4) is 0 Å². The van der Waals surface area contributed by atoms with Crippen molar-refractivity contribution in [3.05, 3.63) is 0 Å². The Morgan fingerprint density at radius 1 is 1.27 bits per heavy atom. The van der Waals surface area contributed by atoms with Crippen LogP contribution < -0.4 is 22.5 Å². The standard InChI is InChI=1S/C8H16N4O3/c1-4(9)8(15)12-5(7(11)14)2-3-6(10)13/h4-5H,2-3,9H2,1H3,(H2,10,13)(H2,11,14)(H,12,15). The van der Waals surface area contributed by atoms with Gasteiger partial charge < -0.3 is 22.5 Å². The second-order valence-electron chi connectivity index (χ2n) is 3.26. The molecule has 7 nitrogen and oxygen atoms in total. The average Bonchev–Trinajstić information content (AvgIpc) is 2.10. The van der Waals surface area contributed by atoms with E-state index in [4.69, 9.17) is 17.2 Å². The minimum Gasteiger partial charge on any atom is -0.370 e. The number of nitrogens with one attached hydrogen (secondary N) is 1. The second-order valence-corrected chi connectivity index (χ2v) is 3.26. The largest absolute Gasteiger partial charge is 0.370 e. The molecular formula is C8H16N4O3. The van der Waals surface area contributed by atoms with Gasteiger partial charge in [-0.1, -0.05) is 0 Å². The third-order valence-corrected chi connectivity index (χ3v) is 1.75. The lowest BCUT2D eigenvalue weighted by atomic mass is 10.1. The van der Waals surface area contributed by atoms with Gasteiger partial charge in [-0.05, 0) is 13.3 Å². The molecule has 0 aromatic heterocycles. The topological polar surface area (TPSA) is 141 Å². The molecule has 0 radical (unpaired) electrons. The van der Waals surface area contributed by atoms with E-state index >= 15 is 0 Å². The highest BCUT2D eigenvalue weighted by atomic mass is 16.2. The average molecular weight is 216 g/mol. The summed E-state index contributed by atoms with van der Waals surface area (Å²) in [6, 6.07) is -1.64. The van der Waals surface area contributed by atoms with Crippen LogP contribution in [0.4, 0.5) is 0 Å². The third kappa shape index (κ3) is 5.63. The van der Waals surface area contributed by atoms with Gasteiger partial charge in [-0.2, -0.15) is 0 Å². The summed E-state index contributed by atoms with van der Waals surface area (Å²) in [7, 11) is 0. The van der Waals surface area contributed by atoms with E-state index < -0.39 is 29.8 Å². The van der Waals surface area contributed by atoms with Crippen LogP contribution in [0.5, 0.6) is 0 Å². The maximum absolute atomic E-state index is 11.1. The Morgan fingerprint density at radius 3 is 2.13 bits per heavy atom. The van der Waals surface area contributed by atoms with Gasteiger partial charge in [0, 0.05) is 6.42 Å². The fourth-order valence-electron chi connectivity index (χ4n) is 0.875. The molecule has 2 unspecified atom stereocenters. The van der Waals surface area contributed by atoms with Gasteiger partial charge in [-0.3, -0.25) is 14.4 Å². The summed E-state index contributed by atoms with van der Waals surface area (Å²) in [6.07, 6.45) is 0.0654. The lowest BCUT2D eigenvalue weighted by Gasteiger charge is -2.15. The van der Waals surface area contributed by atoms with Crippen molar-refractivity contribution in [2.24, 2.45) is 17.2 Å². The first-order valence-corrected chi connectivity index (χ1v) is 4.48. The number of hydrogen-bond acceptors (Lipinski definition) is 4. The van der Waals surface area contributed by atoms with E-state index in [1.165, 1.54) is 6.92 Å². The van der Waals surface area contributed by atoms with Gasteiger partial charge in [0.15, 0.2) is 0 Å². The quantitative estimate of drug-likeness (QED) is 0.391. The third-order valence-electron chi connectivity index (χ3n) is 1.75. The Hall–Kier alpha value is -1.63. The molecule has 0 aromatic rings. The number of amides is 3.